The maximum atomic E-state index is 12.5. The Kier molecular flexibility index (Phi) is 5.33. The minimum atomic E-state index is -0.305. The highest BCUT2D eigenvalue weighted by molar-refractivity contribution is 5.75. The molecule has 1 aliphatic heterocycles. The highest BCUT2D eigenvalue weighted by Gasteiger charge is 2.29. The smallest absolute Gasteiger partial charge is 0.318 e. The van der Waals surface area contributed by atoms with Gasteiger partial charge in [-0.05, 0) is 17.5 Å². The van der Waals surface area contributed by atoms with Crippen LogP contribution in [0.4, 0.5) is 4.79 Å². The topological polar surface area (TPSA) is 91.5 Å². The van der Waals surface area contributed by atoms with Crippen molar-refractivity contribution in [3.63, 3.8) is 0 Å². The number of aromatic nitrogens is 2. The number of amides is 2. The summed E-state index contributed by atoms with van der Waals surface area (Å²) in [6, 6.07) is 7.46. The van der Waals surface area contributed by atoms with Crippen LogP contribution in [0.2, 0.25) is 0 Å². The SMILES string of the molecule is CC(C)c1noc(CCNC(=O)N2CCc3ccccc3C2CO)n1. The van der Waals surface area contributed by atoms with Crippen LogP contribution in [-0.4, -0.2) is 45.9 Å². The van der Waals surface area contributed by atoms with Gasteiger partial charge >= 0.3 is 6.03 Å². The summed E-state index contributed by atoms with van der Waals surface area (Å²) in [6.07, 6.45) is 1.28. The molecule has 2 N–H and O–H groups in total. The van der Waals surface area contributed by atoms with Gasteiger partial charge in [0.2, 0.25) is 5.89 Å². The van der Waals surface area contributed by atoms with Crippen molar-refractivity contribution in [3.05, 3.63) is 47.1 Å². The van der Waals surface area contributed by atoms with Crippen LogP contribution in [0.15, 0.2) is 28.8 Å². The predicted octanol–water partition coefficient (Wildman–Crippen LogP) is 2.04. The van der Waals surface area contributed by atoms with Crippen molar-refractivity contribution in [2.75, 3.05) is 19.7 Å². The van der Waals surface area contributed by atoms with E-state index in [1.54, 1.807) is 4.90 Å². The Morgan fingerprint density at radius 2 is 2.24 bits per heavy atom. The van der Waals surface area contributed by atoms with Gasteiger partial charge in [-0.25, -0.2) is 4.79 Å². The first-order valence-electron chi connectivity index (χ1n) is 8.65. The molecule has 1 aromatic heterocycles. The van der Waals surface area contributed by atoms with Crippen molar-refractivity contribution in [2.24, 2.45) is 0 Å². The largest absolute Gasteiger partial charge is 0.394 e. The fourth-order valence-corrected chi connectivity index (χ4v) is 3.07. The Balaban J connectivity index is 1.57. The van der Waals surface area contributed by atoms with Crippen LogP contribution in [0, 0.1) is 0 Å². The average Bonchev–Trinajstić information content (AvgIpc) is 3.09. The molecule has 25 heavy (non-hydrogen) atoms. The van der Waals surface area contributed by atoms with E-state index in [1.165, 1.54) is 5.56 Å². The number of nitrogens with zero attached hydrogens (tertiary/aromatic N) is 3. The molecule has 0 saturated carbocycles. The molecule has 134 valence electrons. The summed E-state index contributed by atoms with van der Waals surface area (Å²) in [5.41, 5.74) is 2.21. The molecular weight excluding hydrogens is 320 g/mol. The number of nitrogens with one attached hydrogen (secondary N) is 1. The average molecular weight is 344 g/mol. The molecule has 1 aliphatic rings. The molecule has 2 amide bonds. The van der Waals surface area contributed by atoms with Crippen LogP contribution in [0.5, 0.6) is 0 Å². The lowest BCUT2D eigenvalue weighted by molar-refractivity contribution is 0.127. The first-order valence-corrected chi connectivity index (χ1v) is 8.65. The Bertz CT molecular complexity index is 729. The van der Waals surface area contributed by atoms with Crippen LogP contribution in [-0.2, 0) is 12.8 Å². The van der Waals surface area contributed by atoms with E-state index in [4.69, 9.17) is 4.52 Å². The van der Waals surface area contributed by atoms with Crippen LogP contribution >= 0.6 is 0 Å². The van der Waals surface area contributed by atoms with Gasteiger partial charge < -0.3 is 19.8 Å². The standard InChI is InChI=1S/C18H24N4O3/c1-12(2)17-20-16(25-21-17)7-9-19-18(24)22-10-8-13-5-3-4-6-14(13)15(22)11-23/h3-6,12,15,23H,7-11H2,1-2H3,(H,19,24). The summed E-state index contributed by atoms with van der Waals surface area (Å²) in [7, 11) is 0. The van der Waals surface area contributed by atoms with E-state index < -0.39 is 0 Å². The van der Waals surface area contributed by atoms with E-state index in [9.17, 15) is 9.90 Å². The van der Waals surface area contributed by atoms with Gasteiger partial charge in [-0.1, -0.05) is 43.3 Å². The molecule has 2 aromatic rings. The van der Waals surface area contributed by atoms with Gasteiger partial charge in [0.05, 0.1) is 12.6 Å². The van der Waals surface area contributed by atoms with Gasteiger partial charge in [0, 0.05) is 25.4 Å². The van der Waals surface area contributed by atoms with E-state index in [0.29, 0.717) is 31.2 Å². The van der Waals surface area contributed by atoms with Crippen molar-refractivity contribution >= 4 is 6.03 Å². The summed E-state index contributed by atoms with van der Waals surface area (Å²) in [5.74, 6) is 1.41. The summed E-state index contributed by atoms with van der Waals surface area (Å²) >= 11 is 0. The molecule has 1 atom stereocenters. The van der Waals surface area contributed by atoms with E-state index in [-0.39, 0.29) is 24.6 Å². The van der Waals surface area contributed by atoms with E-state index in [0.717, 1.165) is 12.0 Å². The van der Waals surface area contributed by atoms with Gasteiger partial charge in [0.1, 0.15) is 0 Å². The summed E-state index contributed by atoms with van der Waals surface area (Å²) in [4.78, 5) is 18.5. The number of carbonyl (C=O) groups excluding carboxylic acids is 1. The zero-order chi connectivity index (χ0) is 17.8. The molecular formula is C18H24N4O3. The first-order chi connectivity index (χ1) is 12.1. The highest BCUT2D eigenvalue weighted by Crippen LogP contribution is 2.29. The second-order valence-corrected chi connectivity index (χ2v) is 6.52. The molecule has 0 fully saturated rings. The number of urea groups is 1. The Morgan fingerprint density at radius 3 is 2.96 bits per heavy atom. The zero-order valence-corrected chi connectivity index (χ0v) is 14.6. The van der Waals surface area contributed by atoms with Crippen molar-refractivity contribution in [1.29, 1.82) is 0 Å². The lowest BCUT2D eigenvalue weighted by Gasteiger charge is -2.36. The fourth-order valence-electron chi connectivity index (χ4n) is 3.07. The number of benzene rings is 1. The number of aliphatic hydroxyl groups excluding tert-OH is 1. The number of rotatable bonds is 5. The van der Waals surface area contributed by atoms with Crippen molar-refractivity contribution in [3.8, 4) is 0 Å². The summed E-state index contributed by atoms with van der Waals surface area (Å²) < 4.78 is 5.18. The summed E-state index contributed by atoms with van der Waals surface area (Å²) in [6.45, 7) is 4.91. The van der Waals surface area contributed by atoms with Gasteiger partial charge in [0.25, 0.3) is 0 Å². The minimum absolute atomic E-state index is 0.0914. The number of aliphatic hydroxyl groups is 1. The third kappa shape index (κ3) is 3.82. The Labute approximate surface area is 147 Å². The minimum Gasteiger partial charge on any atom is -0.394 e. The van der Waals surface area contributed by atoms with Crippen molar-refractivity contribution < 1.29 is 14.4 Å². The van der Waals surface area contributed by atoms with Gasteiger partial charge in [-0.15, -0.1) is 0 Å². The number of hydrogen-bond acceptors (Lipinski definition) is 5. The molecule has 3 rings (SSSR count). The molecule has 0 bridgehead atoms. The first kappa shape index (κ1) is 17.4. The number of hydrogen-bond donors (Lipinski definition) is 2. The highest BCUT2D eigenvalue weighted by atomic mass is 16.5. The van der Waals surface area contributed by atoms with E-state index in [2.05, 4.69) is 21.5 Å². The molecule has 1 unspecified atom stereocenters. The van der Waals surface area contributed by atoms with E-state index in [1.807, 2.05) is 32.0 Å². The molecule has 0 saturated heterocycles. The Morgan fingerprint density at radius 1 is 1.44 bits per heavy atom. The quantitative estimate of drug-likeness (QED) is 0.866. The summed E-state index contributed by atoms with van der Waals surface area (Å²) in [5, 5.41) is 16.6. The van der Waals surface area contributed by atoms with Gasteiger partial charge in [-0.2, -0.15) is 4.98 Å². The van der Waals surface area contributed by atoms with Gasteiger partial charge in [0.15, 0.2) is 5.82 Å². The van der Waals surface area contributed by atoms with Gasteiger partial charge in [-0.3, -0.25) is 0 Å². The molecule has 0 radical (unpaired) electrons. The number of fused-ring (bicyclic) bond motifs is 1. The zero-order valence-electron chi connectivity index (χ0n) is 14.6. The monoisotopic (exact) mass is 344 g/mol. The molecule has 7 heteroatoms. The molecule has 0 spiro atoms. The molecule has 0 aliphatic carbocycles. The third-order valence-electron chi connectivity index (χ3n) is 4.46. The van der Waals surface area contributed by atoms with Crippen molar-refractivity contribution in [1.82, 2.24) is 20.4 Å². The van der Waals surface area contributed by atoms with Crippen LogP contribution in [0.1, 0.15) is 48.6 Å². The normalized spacial score (nSPS) is 16.8. The maximum Gasteiger partial charge on any atom is 0.318 e. The lowest BCUT2D eigenvalue weighted by atomic mass is 9.93. The second kappa shape index (κ2) is 7.65. The van der Waals surface area contributed by atoms with E-state index >= 15 is 0 Å². The maximum absolute atomic E-state index is 12.5. The number of carbonyl (C=O) groups is 1. The lowest BCUT2D eigenvalue weighted by Crippen LogP contribution is -2.47. The molecule has 7 nitrogen and oxygen atoms in total. The van der Waals surface area contributed by atoms with Crippen LogP contribution in [0.3, 0.4) is 0 Å². The third-order valence-corrected chi connectivity index (χ3v) is 4.46. The molecule has 2 heterocycles. The Hall–Kier alpha value is -2.41. The van der Waals surface area contributed by atoms with Crippen LogP contribution in [0.25, 0.3) is 0 Å². The van der Waals surface area contributed by atoms with Crippen molar-refractivity contribution in [2.45, 2.75) is 38.6 Å². The second-order valence-electron chi connectivity index (χ2n) is 6.52. The molecule has 1 aromatic carbocycles. The predicted molar refractivity (Wildman–Crippen MR) is 92.2 cm³/mol. The fraction of sp³-hybridized carbons (Fsp3) is 0.500. The van der Waals surface area contributed by atoms with Crippen LogP contribution < -0.4 is 5.32 Å².